The monoisotopic (exact) mass is 449 g/mol. The Kier molecular flexibility index (Phi) is 7.13. The minimum atomic E-state index is -0.949. The number of carbonyl (C=O) groups is 1. The molecule has 1 aliphatic heterocycles. The van der Waals surface area contributed by atoms with E-state index in [1.54, 1.807) is 11.0 Å². The van der Waals surface area contributed by atoms with Crippen LogP contribution in [0.2, 0.25) is 0 Å². The number of aryl methyl sites for hydroxylation is 1. The minimum Gasteiger partial charge on any atom is -0.506 e. The van der Waals surface area contributed by atoms with Gasteiger partial charge < -0.3 is 19.3 Å². The molecule has 0 aromatic carbocycles. The lowest BCUT2D eigenvalue weighted by molar-refractivity contribution is -0.395. The number of aromatic hydroxyl groups is 1. The number of amides is 1. The van der Waals surface area contributed by atoms with E-state index in [4.69, 9.17) is 4.74 Å². The van der Waals surface area contributed by atoms with Gasteiger partial charge in [0.1, 0.15) is 17.4 Å². The summed E-state index contributed by atoms with van der Waals surface area (Å²) >= 11 is 0. The van der Waals surface area contributed by atoms with Gasteiger partial charge in [-0.25, -0.2) is 4.79 Å². The zero-order valence-corrected chi connectivity index (χ0v) is 18.0. The summed E-state index contributed by atoms with van der Waals surface area (Å²) in [6.45, 7) is 6.56. The summed E-state index contributed by atoms with van der Waals surface area (Å²) in [4.78, 5) is 47.7. The molecule has 13 nitrogen and oxygen atoms in total. The van der Waals surface area contributed by atoms with Gasteiger partial charge in [0.15, 0.2) is 0 Å². The molecule has 3 rings (SSSR count). The zero-order chi connectivity index (χ0) is 24.2. The lowest BCUT2D eigenvalue weighted by Crippen LogP contribution is -2.40. The molecule has 1 amide bonds. The highest BCUT2D eigenvalue weighted by atomic mass is 16.6. The predicted molar refractivity (Wildman–Crippen MR) is 111 cm³/mol. The smallest absolute Gasteiger partial charge is 0.410 e. The van der Waals surface area contributed by atoms with E-state index < -0.39 is 32.4 Å². The van der Waals surface area contributed by atoms with Gasteiger partial charge in [-0.2, -0.15) is 0 Å². The van der Waals surface area contributed by atoms with E-state index in [2.05, 4.69) is 4.98 Å². The Morgan fingerprint density at radius 1 is 1.22 bits per heavy atom. The largest absolute Gasteiger partial charge is 0.506 e. The van der Waals surface area contributed by atoms with Crippen LogP contribution >= 0.6 is 0 Å². The molecule has 1 aliphatic rings. The first kappa shape index (κ1) is 24.2. The van der Waals surface area contributed by atoms with E-state index in [-0.39, 0.29) is 11.8 Å². The SMILES string of the molecule is CC(C)(C)OC(=O)N1CCc2ncc(O)cc2C1.Cn1cc([N+](=O)[O-])cc([N+](=O)[O-])c1=O. The van der Waals surface area contributed by atoms with Crippen molar-refractivity contribution in [2.45, 2.75) is 39.3 Å². The van der Waals surface area contributed by atoms with Crippen molar-refractivity contribution in [3.8, 4) is 5.75 Å². The highest BCUT2D eigenvalue weighted by Gasteiger charge is 2.26. The first-order chi connectivity index (χ1) is 14.8. The zero-order valence-electron chi connectivity index (χ0n) is 18.0. The summed E-state index contributed by atoms with van der Waals surface area (Å²) in [6, 6.07) is 2.29. The molecule has 0 aliphatic carbocycles. The number of ether oxygens (including phenoxy) is 1. The summed E-state index contributed by atoms with van der Waals surface area (Å²) in [5, 5.41) is 30.0. The summed E-state index contributed by atoms with van der Waals surface area (Å²) in [7, 11) is 1.21. The molecule has 0 atom stereocenters. The van der Waals surface area contributed by atoms with Crippen LogP contribution in [0.1, 0.15) is 32.0 Å². The molecule has 2 aromatic heterocycles. The number of hydrogen-bond acceptors (Lipinski definition) is 9. The number of nitrogens with zero attached hydrogens (tertiary/aromatic N) is 5. The summed E-state index contributed by atoms with van der Waals surface area (Å²) < 4.78 is 6.13. The van der Waals surface area contributed by atoms with Crippen LogP contribution in [0.5, 0.6) is 5.75 Å². The summed E-state index contributed by atoms with van der Waals surface area (Å²) in [5.74, 6) is 0.125. The van der Waals surface area contributed by atoms with E-state index >= 15 is 0 Å². The number of pyridine rings is 2. The van der Waals surface area contributed by atoms with E-state index in [1.165, 1.54) is 13.2 Å². The lowest BCUT2D eigenvalue weighted by atomic mass is 10.1. The minimum absolute atomic E-state index is 0.125. The van der Waals surface area contributed by atoms with E-state index in [0.717, 1.165) is 22.0 Å². The number of carbonyl (C=O) groups excluding carboxylic acids is 1. The maximum Gasteiger partial charge on any atom is 0.410 e. The Morgan fingerprint density at radius 3 is 2.44 bits per heavy atom. The second-order valence-electron chi connectivity index (χ2n) is 7.97. The number of aromatic nitrogens is 2. The molecule has 3 heterocycles. The van der Waals surface area contributed by atoms with Gasteiger partial charge in [-0.1, -0.05) is 0 Å². The van der Waals surface area contributed by atoms with Crippen LogP contribution in [0.15, 0.2) is 29.3 Å². The lowest BCUT2D eigenvalue weighted by Gasteiger charge is -2.30. The van der Waals surface area contributed by atoms with Gasteiger partial charge in [0.2, 0.25) is 0 Å². The molecule has 2 aromatic rings. The van der Waals surface area contributed by atoms with Crippen molar-refractivity contribution in [3.63, 3.8) is 0 Å². The molecular weight excluding hydrogens is 426 g/mol. The van der Waals surface area contributed by atoms with Crippen LogP contribution < -0.4 is 5.56 Å². The second-order valence-corrected chi connectivity index (χ2v) is 7.97. The molecule has 0 saturated heterocycles. The van der Waals surface area contributed by atoms with Crippen LogP contribution in [0.4, 0.5) is 16.2 Å². The third kappa shape index (κ3) is 6.23. The van der Waals surface area contributed by atoms with Crippen molar-refractivity contribution in [2.24, 2.45) is 7.05 Å². The number of rotatable bonds is 2. The third-order valence-electron chi connectivity index (χ3n) is 4.23. The predicted octanol–water partition coefficient (Wildman–Crippen LogP) is 2.28. The standard InChI is InChI=1S/C13H18N2O3.C6H5N3O5/c1-13(2,3)18-12(17)15-5-4-11-9(8-15)6-10(16)7-14-11;1-7-3-4(8(11)12)2-5(6(7)10)9(13)14/h6-7,16H,4-5,8H2,1-3H3;2-3H,1H3. The molecule has 0 unspecified atom stereocenters. The fourth-order valence-electron chi connectivity index (χ4n) is 2.80. The Labute approximate surface area is 182 Å². The van der Waals surface area contributed by atoms with Gasteiger partial charge in [-0.05, 0) is 32.4 Å². The van der Waals surface area contributed by atoms with E-state index in [1.807, 2.05) is 20.8 Å². The third-order valence-corrected chi connectivity index (χ3v) is 4.23. The average Bonchev–Trinajstić information content (AvgIpc) is 2.68. The molecule has 0 bridgehead atoms. The molecule has 0 spiro atoms. The summed E-state index contributed by atoms with van der Waals surface area (Å²) in [5.41, 5.74) is -0.838. The van der Waals surface area contributed by atoms with E-state index in [0.29, 0.717) is 25.6 Å². The highest BCUT2D eigenvalue weighted by molar-refractivity contribution is 5.68. The van der Waals surface area contributed by atoms with Gasteiger partial charge >= 0.3 is 17.3 Å². The molecule has 0 fully saturated rings. The van der Waals surface area contributed by atoms with Crippen molar-refractivity contribution < 1.29 is 24.5 Å². The highest BCUT2D eigenvalue weighted by Crippen LogP contribution is 2.22. The van der Waals surface area contributed by atoms with Gasteiger partial charge in [-0.3, -0.25) is 30.0 Å². The Balaban J connectivity index is 0.000000235. The van der Waals surface area contributed by atoms with Gasteiger partial charge in [-0.15, -0.1) is 0 Å². The van der Waals surface area contributed by atoms with E-state index in [9.17, 15) is 34.9 Å². The van der Waals surface area contributed by atoms with Gasteiger partial charge in [0, 0.05) is 25.7 Å². The van der Waals surface area contributed by atoms with Gasteiger partial charge in [0.05, 0.1) is 28.8 Å². The Bertz CT molecular complexity index is 1110. The van der Waals surface area contributed by atoms with Crippen LogP contribution in [-0.2, 0) is 24.8 Å². The van der Waals surface area contributed by atoms with Crippen molar-refractivity contribution >= 4 is 17.5 Å². The fraction of sp³-hybridized carbons (Fsp3) is 0.421. The molecular formula is C19H23N5O8. The second kappa shape index (κ2) is 9.41. The molecule has 0 saturated carbocycles. The van der Waals surface area contributed by atoms with Gasteiger partial charge in [0.25, 0.3) is 5.69 Å². The molecule has 32 heavy (non-hydrogen) atoms. The van der Waals surface area contributed by atoms with Crippen LogP contribution in [0.25, 0.3) is 0 Å². The Hall–Kier alpha value is -4.03. The number of fused-ring (bicyclic) bond motifs is 1. The normalized spacial score (nSPS) is 12.8. The Morgan fingerprint density at radius 2 is 1.88 bits per heavy atom. The van der Waals surface area contributed by atoms with Crippen molar-refractivity contribution in [2.75, 3.05) is 6.54 Å². The number of nitro groups is 2. The first-order valence-corrected chi connectivity index (χ1v) is 9.42. The first-order valence-electron chi connectivity index (χ1n) is 9.42. The molecule has 1 N–H and O–H groups in total. The average molecular weight is 449 g/mol. The van der Waals surface area contributed by atoms with Crippen LogP contribution in [-0.4, -0.2) is 47.6 Å². The summed E-state index contributed by atoms with van der Waals surface area (Å²) in [6.07, 6.45) is 2.73. The molecule has 172 valence electrons. The molecule has 0 radical (unpaired) electrons. The topological polar surface area (TPSA) is 171 Å². The fourth-order valence-corrected chi connectivity index (χ4v) is 2.80. The van der Waals surface area contributed by atoms with Crippen LogP contribution in [0.3, 0.4) is 0 Å². The number of hydrogen-bond donors (Lipinski definition) is 1. The molecule has 13 heteroatoms. The van der Waals surface area contributed by atoms with Crippen molar-refractivity contribution in [1.29, 1.82) is 0 Å². The van der Waals surface area contributed by atoms with Crippen molar-refractivity contribution in [3.05, 3.63) is 66.4 Å². The maximum atomic E-state index is 11.9. The van der Waals surface area contributed by atoms with Crippen molar-refractivity contribution in [1.82, 2.24) is 14.5 Å². The quantitative estimate of drug-likeness (QED) is 0.533. The maximum absolute atomic E-state index is 11.9. The van der Waals surface area contributed by atoms with Crippen LogP contribution in [0, 0.1) is 20.2 Å².